The Bertz CT molecular complexity index is 1020. The Labute approximate surface area is 194 Å². The van der Waals surface area contributed by atoms with E-state index < -0.39 is 21.9 Å². The molecule has 8 nitrogen and oxygen atoms in total. The Balaban J connectivity index is 2.05. The lowest BCUT2D eigenvalue weighted by Gasteiger charge is -2.24. The van der Waals surface area contributed by atoms with Crippen LogP contribution in [-0.2, 0) is 31.0 Å². The van der Waals surface area contributed by atoms with Gasteiger partial charge >= 0.3 is 16.1 Å². The summed E-state index contributed by atoms with van der Waals surface area (Å²) in [6.45, 7) is 3.37. The van der Waals surface area contributed by atoms with Gasteiger partial charge in [-0.15, -0.1) is 0 Å². The molecule has 0 aromatic heterocycles. The summed E-state index contributed by atoms with van der Waals surface area (Å²) < 4.78 is 47.7. The minimum atomic E-state index is -4.10. The maximum atomic E-state index is 13.0. The van der Waals surface area contributed by atoms with Gasteiger partial charge in [-0.3, -0.25) is 9.59 Å². The van der Waals surface area contributed by atoms with Crippen LogP contribution in [0.25, 0.3) is 0 Å². The minimum absolute atomic E-state index is 0.0131. The second-order valence-electron chi connectivity index (χ2n) is 7.56. The maximum absolute atomic E-state index is 13.0. The van der Waals surface area contributed by atoms with Gasteiger partial charge in [-0.2, -0.15) is 8.42 Å². The number of ether oxygens (including phenoxy) is 1. The van der Waals surface area contributed by atoms with Crippen molar-refractivity contribution in [3.05, 3.63) is 59.9 Å². The van der Waals surface area contributed by atoms with E-state index in [1.807, 2.05) is 19.0 Å². The molecule has 0 N–H and O–H groups in total. The van der Waals surface area contributed by atoms with Crippen molar-refractivity contribution in [3.63, 3.8) is 0 Å². The van der Waals surface area contributed by atoms with Gasteiger partial charge in [-0.05, 0) is 63.0 Å². The molecule has 0 atom stereocenters. The van der Waals surface area contributed by atoms with Crippen molar-refractivity contribution in [1.82, 2.24) is 9.80 Å². The molecule has 1 amide bonds. The molecule has 2 rings (SSSR count). The number of rotatable bonds is 12. The zero-order valence-corrected chi connectivity index (χ0v) is 19.8. The van der Waals surface area contributed by atoms with E-state index in [1.165, 1.54) is 12.1 Å². The van der Waals surface area contributed by atoms with Gasteiger partial charge in [0.15, 0.2) is 0 Å². The number of hydrogen-bond donors (Lipinski definition) is 0. The summed E-state index contributed by atoms with van der Waals surface area (Å²) in [7, 11) is -0.303. The van der Waals surface area contributed by atoms with E-state index in [0.29, 0.717) is 19.6 Å². The molecule has 0 unspecified atom stereocenters. The van der Waals surface area contributed by atoms with Gasteiger partial charge in [-0.25, -0.2) is 4.39 Å². The molecular weight excluding hydrogens is 451 g/mol. The van der Waals surface area contributed by atoms with Gasteiger partial charge < -0.3 is 18.7 Å². The molecule has 33 heavy (non-hydrogen) atoms. The van der Waals surface area contributed by atoms with Crippen molar-refractivity contribution < 1.29 is 31.3 Å². The standard InChI is InChI=1S/C23H29FN2O6S/c1-4-31-23(28)14-13-22(27)26(16-15-25(2)3)17-18-5-9-20(10-6-18)32-33(29,30)21-11-7-19(24)8-12-21/h5-12H,4,13-17H2,1-3H3. The van der Waals surface area contributed by atoms with Gasteiger partial charge in [0.1, 0.15) is 16.5 Å². The number of carbonyl (C=O) groups is 2. The summed E-state index contributed by atoms with van der Waals surface area (Å²) in [6, 6.07) is 10.6. The number of nitrogens with zero attached hydrogens (tertiary/aromatic N) is 2. The highest BCUT2D eigenvalue weighted by atomic mass is 32.2. The molecule has 0 saturated carbocycles. The molecular formula is C23H29FN2O6S. The summed E-state index contributed by atoms with van der Waals surface area (Å²) in [5.41, 5.74) is 0.768. The summed E-state index contributed by atoms with van der Waals surface area (Å²) in [5.74, 6) is -1.04. The third kappa shape index (κ3) is 8.82. The summed E-state index contributed by atoms with van der Waals surface area (Å²) in [6.07, 6.45) is 0.0581. The van der Waals surface area contributed by atoms with E-state index in [0.717, 1.165) is 29.8 Å². The fraction of sp³-hybridized carbons (Fsp3) is 0.391. The van der Waals surface area contributed by atoms with Crippen molar-refractivity contribution in [2.45, 2.75) is 31.2 Å². The molecule has 0 bridgehead atoms. The van der Waals surface area contributed by atoms with Crippen LogP contribution in [-0.4, -0.2) is 63.9 Å². The van der Waals surface area contributed by atoms with Gasteiger partial charge in [0.2, 0.25) is 5.91 Å². The van der Waals surface area contributed by atoms with Crippen LogP contribution in [0.1, 0.15) is 25.3 Å². The zero-order valence-electron chi connectivity index (χ0n) is 19.0. The van der Waals surface area contributed by atoms with E-state index in [4.69, 9.17) is 8.92 Å². The first kappa shape index (κ1) is 26.3. The van der Waals surface area contributed by atoms with Crippen LogP contribution in [0.15, 0.2) is 53.4 Å². The first-order chi connectivity index (χ1) is 15.6. The monoisotopic (exact) mass is 480 g/mol. The van der Waals surface area contributed by atoms with Crippen molar-refractivity contribution in [2.75, 3.05) is 33.8 Å². The molecule has 2 aromatic rings. The molecule has 2 aromatic carbocycles. The number of esters is 1. The molecule has 0 spiro atoms. The average Bonchev–Trinajstić information content (AvgIpc) is 2.76. The van der Waals surface area contributed by atoms with Crippen molar-refractivity contribution in [3.8, 4) is 5.75 Å². The molecule has 0 saturated heterocycles. The van der Waals surface area contributed by atoms with Crippen LogP contribution >= 0.6 is 0 Å². The average molecular weight is 481 g/mol. The molecule has 0 heterocycles. The van der Waals surface area contributed by atoms with Crippen molar-refractivity contribution in [1.29, 1.82) is 0 Å². The second kappa shape index (κ2) is 12.3. The normalized spacial score (nSPS) is 11.3. The number of amides is 1. The predicted molar refractivity (Wildman–Crippen MR) is 120 cm³/mol. The highest BCUT2D eigenvalue weighted by Crippen LogP contribution is 2.20. The third-order valence-electron chi connectivity index (χ3n) is 4.62. The Kier molecular flexibility index (Phi) is 9.80. The van der Waals surface area contributed by atoms with Crippen LogP contribution in [0.4, 0.5) is 4.39 Å². The topological polar surface area (TPSA) is 93.2 Å². The zero-order chi connectivity index (χ0) is 24.4. The number of carbonyl (C=O) groups excluding carboxylic acids is 2. The highest BCUT2D eigenvalue weighted by Gasteiger charge is 2.18. The Morgan fingerprint density at radius 2 is 1.58 bits per heavy atom. The molecule has 0 aliphatic heterocycles. The van der Waals surface area contributed by atoms with Crippen LogP contribution in [0.3, 0.4) is 0 Å². The fourth-order valence-corrected chi connectivity index (χ4v) is 3.79. The van der Waals surface area contributed by atoms with E-state index >= 15 is 0 Å². The van der Waals surface area contributed by atoms with E-state index in [1.54, 1.807) is 24.0 Å². The van der Waals surface area contributed by atoms with Gasteiger partial charge in [0, 0.05) is 26.1 Å². The minimum Gasteiger partial charge on any atom is -0.466 e. The molecule has 0 aliphatic carbocycles. The first-order valence-electron chi connectivity index (χ1n) is 10.5. The van der Waals surface area contributed by atoms with Crippen LogP contribution in [0.5, 0.6) is 5.75 Å². The number of hydrogen-bond acceptors (Lipinski definition) is 7. The number of halogens is 1. The fourth-order valence-electron chi connectivity index (χ4n) is 2.86. The Hall–Kier alpha value is -2.98. The summed E-state index contributed by atoms with van der Waals surface area (Å²) >= 11 is 0. The Morgan fingerprint density at radius 3 is 2.15 bits per heavy atom. The highest BCUT2D eigenvalue weighted by molar-refractivity contribution is 7.87. The smallest absolute Gasteiger partial charge is 0.339 e. The SMILES string of the molecule is CCOC(=O)CCC(=O)N(CCN(C)C)Cc1ccc(OS(=O)(=O)c2ccc(F)cc2)cc1. The van der Waals surface area contributed by atoms with Crippen LogP contribution in [0.2, 0.25) is 0 Å². The first-order valence-corrected chi connectivity index (χ1v) is 11.9. The maximum Gasteiger partial charge on any atom is 0.339 e. The van der Waals surface area contributed by atoms with Crippen molar-refractivity contribution >= 4 is 22.0 Å². The largest absolute Gasteiger partial charge is 0.466 e. The Morgan fingerprint density at radius 1 is 0.939 bits per heavy atom. The predicted octanol–water partition coefficient (Wildman–Crippen LogP) is 2.83. The lowest BCUT2D eigenvalue weighted by Crippen LogP contribution is -2.36. The van der Waals surface area contributed by atoms with Crippen molar-refractivity contribution in [2.24, 2.45) is 0 Å². The number of benzene rings is 2. The second-order valence-corrected chi connectivity index (χ2v) is 9.11. The van der Waals surface area contributed by atoms with E-state index in [9.17, 15) is 22.4 Å². The van der Waals surface area contributed by atoms with E-state index in [-0.39, 0.29) is 36.0 Å². The van der Waals surface area contributed by atoms with Crippen LogP contribution < -0.4 is 4.18 Å². The van der Waals surface area contributed by atoms with Crippen LogP contribution in [0, 0.1) is 5.82 Å². The molecule has 0 radical (unpaired) electrons. The summed E-state index contributed by atoms with van der Waals surface area (Å²) in [5, 5.41) is 0. The lowest BCUT2D eigenvalue weighted by atomic mass is 10.2. The number of likely N-dealkylation sites (N-methyl/N-ethyl adjacent to an activating group) is 1. The molecule has 0 fully saturated rings. The molecule has 10 heteroatoms. The van der Waals surface area contributed by atoms with E-state index in [2.05, 4.69) is 0 Å². The van der Waals surface area contributed by atoms with Gasteiger partial charge in [0.25, 0.3) is 0 Å². The molecule has 0 aliphatic rings. The third-order valence-corrected chi connectivity index (χ3v) is 5.88. The van der Waals surface area contributed by atoms with Gasteiger partial charge in [0.05, 0.1) is 13.0 Å². The lowest BCUT2D eigenvalue weighted by molar-refractivity contribution is -0.145. The molecule has 180 valence electrons. The van der Waals surface area contributed by atoms with Gasteiger partial charge in [-0.1, -0.05) is 12.1 Å². The quantitative estimate of drug-likeness (QED) is 0.341. The summed E-state index contributed by atoms with van der Waals surface area (Å²) in [4.78, 5) is 27.7.